The first-order chi connectivity index (χ1) is 9.42. The van der Waals surface area contributed by atoms with Crippen LogP contribution >= 0.6 is 0 Å². The fraction of sp³-hybridized carbons (Fsp3) is 0.462. The molecule has 7 heteroatoms. The third kappa shape index (κ3) is 2.92. The van der Waals surface area contributed by atoms with Gasteiger partial charge in [0.25, 0.3) is 0 Å². The maximum atomic E-state index is 14.0. The molecule has 0 radical (unpaired) electrons. The molecule has 0 aliphatic rings. The molecule has 5 nitrogen and oxygen atoms in total. The van der Waals surface area contributed by atoms with E-state index in [1.165, 1.54) is 28.3 Å². The molecule has 0 fully saturated rings. The van der Waals surface area contributed by atoms with Crippen LogP contribution in [0.5, 0.6) is 17.2 Å². The van der Waals surface area contributed by atoms with Crippen LogP contribution in [0.2, 0.25) is 0 Å². The lowest BCUT2D eigenvalue weighted by molar-refractivity contribution is -0.173. The quantitative estimate of drug-likeness (QED) is 0.753. The number of esters is 1. The van der Waals surface area contributed by atoms with E-state index in [1.807, 2.05) is 0 Å². The Morgan fingerprint density at radius 2 is 1.60 bits per heavy atom. The Hall–Kier alpha value is -2.05. The number of hydrogen-bond donors (Lipinski definition) is 0. The molecule has 0 amide bonds. The van der Waals surface area contributed by atoms with Crippen molar-refractivity contribution >= 4 is 5.97 Å². The van der Waals surface area contributed by atoms with E-state index in [0.29, 0.717) is 0 Å². The summed E-state index contributed by atoms with van der Waals surface area (Å²) in [5.74, 6) is -5.20. The van der Waals surface area contributed by atoms with Gasteiger partial charge in [0.15, 0.2) is 11.5 Å². The van der Waals surface area contributed by atoms with E-state index in [-0.39, 0.29) is 23.9 Å². The van der Waals surface area contributed by atoms with E-state index in [9.17, 15) is 13.6 Å². The van der Waals surface area contributed by atoms with Crippen molar-refractivity contribution in [3.05, 3.63) is 17.7 Å². The molecule has 0 spiro atoms. The molecule has 0 atom stereocenters. The molecule has 0 aromatic heterocycles. The minimum absolute atomic E-state index is 0.0332. The van der Waals surface area contributed by atoms with Crippen molar-refractivity contribution in [1.29, 1.82) is 0 Å². The van der Waals surface area contributed by atoms with Crippen LogP contribution in [0.3, 0.4) is 0 Å². The highest BCUT2D eigenvalue weighted by molar-refractivity contribution is 5.80. The van der Waals surface area contributed by atoms with E-state index in [4.69, 9.17) is 14.2 Å². The van der Waals surface area contributed by atoms with Crippen LogP contribution in [-0.2, 0) is 15.5 Å². The third-order valence-electron chi connectivity index (χ3n) is 2.56. The number of carbonyl (C=O) groups is 1. The smallest absolute Gasteiger partial charge is 0.381 e. The molecule has 1 rings (SSSR count). The van der Waals surface area contributed by atoms with E-state index in [1.54, 1.807) is 0 Å². The molecule has 0 aliphatic heterocycles. The lowest BCUT2D eigenvalue weighted by Gasteiger charge is -2.18. The Morgan fingerprint density at radius 3 is 1.95 bits per heavy atom. The molecule has 1 aromatic rings. The van der Waals surface area contributed by atoms with Gasteiger partial charge < -0.3 is 18.9 Å². The van der Waals surface area contributed by atoms with Gasteiger partial charge in [-0.05, 0) is 19.1 Å². The molecular formula is C13H16F2O5. The van der Waals surface area contributed by atoms with Gasteiger partial charge in [0.2, 0.25) is 5.75 Å². The van der Waals surface area contributed by atoms with E-state index in [2.05, 4.69) is 4.74 Å². The molecule has 20 heavy (non-hydrogen) atoms. The summed E-state index contributed by atoms with van der Waals surface area (Å²) in [6.45, 7) is 1.31. The summed E-state index contributed by atoms with van der Waals surface area (Å²) >= 11 is 0. The molecule has 0 bridgehead atoms. The zero-order chi connectivity index (χ0) is 15.3. The van der Waals surface area contributed by atoms with E-state index >= 15 is 0 Å². The second-order valence-electron chi connectivity index (χ2n) is 3.71. The van der Waals surface area contributed by atoms with Crippen molar-refractivity contribution in [2.24, 2.45) is 0 Å². The van der Waals surface area contributed by atoms with Gasteiger partial charge in [0, 0.05) is 5.56 Å². The minimum Gasteiger partial charge on any atom is -0.493 e. The highest BCUT2D eigenvalue weighted by Crippen LogP contribution is 2.42. The van der Waals surface area contributed by atoms with Crippen LogP contribution in [-0.4, -0.2) is 33.9 Å². The molecule has 0 aliphatic carbocycles. The summed E-state index contributed by atoms with van der Waals surface area (Å²) in [6, 6.07) is 2.02. The maximum Gasteiger partial charge on any atom is 0.381 e. The average Bonchev–Trinajstić information content (AvgIpc) is 2.45. The van der Waals surface area contributed by atoms with Crippen LogP contribution in [0.25, 0.3) is 0 Å². The number of alkyl halides is 2. The van der Waals surface area contributed by atoms with Gasteiger partial charge in [-0.1, -0.05) is 0 Å². The molecule has 0 saturated carbocycles. The fourth-order valence-corrected chi connectivity index (χ4v) is 1.60. The van der Waals surface area contributed by atoms with Gasteiger partial charge in [0.1, 0.15) is 0 Å². The van der Waals surface area contributed by atoms with Crippen molar-refractivity contribution in [2.45, 2.75) is 12.8 Å². The first kappa shape index (κ1) is 16.0. The SMILES string of the molecule is CCOC(=O)C(F)(F)c1cc(OC)c(OC)c(OC)c1. The Kier molecular flexibility index (Phi) is 5.12. The second-order valence-corrected chi connectivity index (χ2v) is 3.71. The molecule has 0 saturated heterocycles. The summed E-state index contributed by atoms with van der Waals surface area (Å²) in [5, 5.41) is 0. The number of ether oxygens (including phenoxy) is 4. The van der Waals surface area contributed by atoms with E-state index in [0.717, 1.165) is 12.1 Å². The van der Waals surface area contributed by atoms with Crippen molar-refractivity contribution in [1.82, 2.24) is 0 Å². The number of carbonyl (C=O) groups excluding carboxylic acids is 1. The zero-order valence-corrected chi connectivity index (χ0v) is 11.7. The summed E-state index contributed by atoms with van der Waals surface area (Å²) in [6.07, 6.45) is 0. The van der Waals surface area contributed by atoms with Crippen molar-refractivity contribution in [3.63, 3.8) is 0 Å². The second kappa shape index (κ2) is 6.40. The predicted molar refractivity (Wildman–Crippen MR) is 66.6 cm³/mol. The topological polar surface area (TPSA) is 54.0 Å². The van der Waals surface area contributed by atoms with Crippen molar-refractivity contribution < 1.29 is 32.5 Å². The summed E-state index contributed by atoms with van der Waals surface area (Å²) in [5.41, 5.74) is -0.592. The van der Waals surface area contributed by atoms with Gasteiger partial charge in [-0.15, -0.1) is 0 Å². The fourth-order valence-electron chi connectivity index (χ4n) is 1.60. The van der Waals surface area contributed by atoms with Gasteiger partial charge in [0.05, 0.1) is 27.9 Å². The largest absolute Gasteiger partial charge is 0.493 e. The maximum absolute atomic E-state index is 14.0. The third-order valence-corrected chi connectivity index (χ3v) is 2.56. The van der Waals surface area contributed by atoms with Gasteiger partial charge >= 0.3 is 11.9 Å². The monoisotopic (exact) mass is 290 g/mol. The summed E-state index contributed by atoms with van der Waals surface area (Å²) in [4.78, 5) is 11.3. The van der Waals surface area contributed by atoms with Crippen LogP contribution in [0.4, 0.5) is 8.78 Å². The zero-order valence-electron chi connectivity index (χ0n) is 11.7. The molecule has 112 valence electrons. The predicted octanol–water partition coefficient (Wildman–Crippen LogP) is 2.37. The number of benzene rings is 1. The molecule has 0 heterocycles. The Bertz CT molecular complexity index is 463. The van der Waals surface area contributed by atoms with Crippen molar-refractivity contribution in [3.8, 4) is 17.2 Å². The number of halogens is 2. The molecule has 0 unspecified atom stereocenters. The summed E-state index contributed by atoms with van der Waals surface area (Å²) in [7, 11) is 3.94. The van der Waals surface area contributed by atoms with Crippen LogP contribution in [0.1, 0.15) is 12.5 Å². The first-order valence-electron chi connectivity index (χ1n) is 5.77. The number of rotatable bonds is 6. The van der Waals surface area contributed by atoms with E-state index < -0.39 is 17.5 Å². The van der Waals surface area contributed by atoms with Gasteiger partial charge in [-0.3, -0.25) is 0 Å². The van der Waals surface area contributed by atoms with Gasteiger partial charge in [-0.25, -0.2) is 4.79 Å². The van der Waals surface area contributed by atoms with Crippen LogP contribution in [0, 0.1) is 0 Å². The highest BCUT2D eigenvalue weighted by Gasteiger charge is 2.44. The Balaban J connectivity index is 3.35. The Labute approximate surface area is 115 Å². The van der Waals surface area contributed by atoms with Crippen LogP contribution in [0.15, 0.2) is 12.1 Å². The molecular weight excluding hydrogens is 274 g/mol. The number of hydrogen-bond acceptors (Lipinski definition) is 5. The lowest BCUT2D eigenvalue weighted by atomic mass is 10.1. The minimum atomic E-state index is -3.80. The average molecular weight is 290 g/mol. The standard InChI is InChI=1S/C13H16F2O5/c1-5-20-12(16)13(14,15)8-6-9(17-2)11(19-4)10(7-8)18-3/h6-7H,5H2,1-4H3. The summed E-state index contributed by atoms with van der Waals surface area (Å²) < 4.78 is 47.3. The normalized spacial score (nSPS) is 10.9. The first-order valence-corrected chi connectivity index (χ1v) is 5.77. The van der Waals surface area contributed by atoms with Crippen molar-refractivity contribution in [2.75, 3.05) is 27.9 Å². The molecule has 0 N–H and O–H groups in total. The number of methoxy groups -OCH3 is 3. The molecule has 1 aromatic carbocycles. The van der Waals surface area contributed by atoms with Crippen LogP contribution < -0.4 is 14.2 Å². The Morgan fingerprint density at radius 1 is 1.10 bits per heavy atom. The van der Waals surface area contributed by atoms with Gasteiger partial charge in [-0.2, -0.15) is 8.78 Å². The highest BCUT2D eigenvalue weighted by atomic mass is 19.3. The lowest BCUT2D eigenvalue weighted by Crippen LogP contribution is -2.28.